The van der Waals surface area contributed by atoms with Crippen molar-refractivity contribution in [3.8, 4) is 5.82 Å². The number of pyridine rings is 1. The quantitative estimate of drug-likeness (QED) is 0.593. The lowest BCUT2D eigenvalue weighted by atomic mass is 10.4. The molecule has 2 rings (SSSR count). The number of nitro groups is 1. The van der Waals surface area contributed by atoms with Gasteiger partial charge in [-0.05, 0) is 19.1 Å². The fraction of sp³-hybridized carbons (Fsp3) is 0.111. The molecule has 2 aromatic heterocycles. The minimum atomic E-state index is -0.507. The third-order valence-corrected chi connectivity index (χ3v) is 2.22. The monoisotopic (exact) mass is 238 g/mol. The summed E-state index contributed by atoms with van der Waals surface area (Å²) in [6.45, 7) is 1.80. The van der Waals surface area contributed by atoms with Gasteiger partial charge in [0.05, 0.1) is 10.6 Å². The van der Waals surface area contributed by atoms with Crippen LogP contribution in [-0.4, -0.2) is 19.7 Å². The Balaban J connectivity index is 2.42. The molecule has 82 valence electrons. The van der Waals surface area contributed by atoms with Crippen molar-refractivity contribution in [1.82, 2.24) is 14.8 Å². The largest absolute Gasteiger partial charge is 0.287 e. The van der Waals surface area contributed by atoms with Crippen LogP contribution < -0.4 is 0 Å². The van der Waals surface area contributed by atoms with E-state index in [0.29, 0.717) is 11.0 Å². The molecule has 0 N–H and O–H groups in total. The first-order valence-electron chi connectivity index (χ1n) is 4.41. The molecular weight excluding hydrogens is 232 g/mol. The van der Waals surface area contributed by atoms with Gasteiger partial charge in [0.1, 0.15) is 11.3 Å². The van der Waals surface area contributed by atoms with E-state index in [9.17, 15) is 10.1 Å². The molecular formula is C9H7ClN4O2. The van der Waals surface area contributed by atoms with Gasteiger partial charge in [-0.1, -0.05) is 11.6 Å². The summed E-state index contributed by atoms with van der Waals surface area (Å²) in [4.78, 5) is 13.8. The Kier molecular flexibility index (Phi) is 2.57. The van der Waals surface area contributed by atoms with E-state index in [0.717, 1.165) is 5.69 Å². The van der Waals surface area contributed by atoms with Gasteiger partial charge in [0.2, 0.25) is 0 Å². The number of hydrogen-bond acceptors (Lipinski definition) is 4. The smallest absolute Gasteiger partial charge is 0.258 e. The van der Waals surface area contributed by atoms with E-state index in [4.69, 9.17) is 11.6 Å². The van der Waals surface area contributed by atoms with Crippen LogP contribution in [0.1, 0.15) is 5.69 Å². The first kappa shape index (κ1) is 10.6. The minimum Gasteiger partial charge on any atom is -0.258 e. The van der Waals surface area contributed by atoms with Crippen LogP contribution in [0.15, 0.2) is 24.4 Å². The van der Waals surface area contributed by atoms with Gasteiger partial charge in [0.25, 0.3) is 5.69 Å². The maximum Gasteiger partial charge on any atom is 0.287 e. The molecule has 0 bridgehead atoms. The van der Waals surface area contributed by atoms with Crippen LogP contribution >= 0.6 is 11.6 Å². The maximum absolute atomic E-state index is 10.4. The third-order valence-electron chi connectivity index (χ3n) is 1.95. The maximum atomic E-state index is 10.4. The summed E-state index contributed by atoms with van der Waals surface area (Å²) in [5.41, 5.74) is 0.689. The summed E-state index contributed by atoms with van der Waals surface area (Å²) >= 11 is 5.91. The normalized spacial score (nSPS) is 10.4. The van der Waals surface area contributed by atoms with Crippen LogP contribution in [0, 0.1) is 17.0 Å². The molecule has 0 aromatic carbocycles. The van der Waals surface area contributed by atoms with E-state index in [1.807, 2.05) is 0 Å². The van der Waals surface area contributed by atoms with Crippen molar-refractivity contribution in [3.63, 3.8) is 0 Å². The molecule has 16 heavy (non-hydrogen) atoms. The van der Waals surface area contributed by atoms with E-state index < -0.39 is 4.92 Å². The zero-order chi connectivity index (χ0) is 11.7. The SMILES string of the molecule is Cc1cc(Cl)n(-c2ccc([N+](=O)[O-])cn2)n1. The molecule has 0 radical (unpaired) electrons. The highest BCUT2D eigenvalue weighted by Gasteiger charge is 2.09. The van der Waals surface area contributed by atoms with Crippen LogP contribution in [-0.2, 0) is 0 Å². The van der Waals surface area contributed by atoms with Crippen molar-refractivity contribution in [1.29, 1.82) is 0 Å². The van der Waals surface area contributed by atoms with Gasteiger partial charge < -0.3 is 0 Å². The van der Waals surface area contributed by atoms with Crippen molar-refractivity contribution in [2.45, 2.75) is 6.92 Å². The summed E-state index contributed by atoms with van der Waals surface area (Å²) in [5.74, 6) is 0.448. The standard InChI is InChI=1S/C9H7ClN4O2/c1-6-4-8(10)13(12-6)9-3-2-7(5-11-9)14(15)16/h2-5H,1H3. The molecule has 0 spiro atoms. The summed E-state index contributed by atoms with van der Waals surface area (Å²) in [5, 5.41) is 15.0. The topological polar surface area (TPSA) is 73.8 Å². The molecule has 0 atom stereocenters. The van der Waals surface area contributed by atoms with Crippen LogP contribution in [0.5, 0.6) is 0 Å². The summed E-state index contributed by atoms with van der Waals surface area (Å²) < 4.78 is 1.42. The highest BCUT2D eigenvalue weighted by molar-refractivity contribution is 6.29. The predicted octanol–water partition coefficient (Wildman–Crippen LogP) is 2.14. The number of aromatic nitrogens is 3. The highest BCUT2D eigenvalue weighted by atomic mass is 35.5. The Hall–Kier alpha value is -1.95. The molecule has 2 heterocycles. The van der Waals surface area contributed by atoms with Crippen molar-refractivity contribution in [2.75, 3.05) is 0 Å². The van der Waals surface area contributed by atoms with Crippen molar-refractivity contribution in [2.24, 2.45) is 0 Å². The molecule has 0 aliphatic heterocycles. The molecule has 0 aliphatic rings. The highest BCUT2D eigenvalue weighted by Crippen LogP contribution is 2.17. The van der Waals surface area contributed by atoms with Gasteiger partial charge in [-0.25, -0.2) is 9.67 Å². The molecule has 0 unspecified atom stereocenters. The van der Waals surface area contributed by atoms with Gasteiger partial charge in [-0.15, -0.1) is 0 Å². The van der Waals surface area contributed by atoms with Gasteiger partial charge in [0, 0.05) is 6.07 Å². The summed E-state index contributed by atoms with van der Waals surface area (Å²) in [7, 11) is 0. The Morgan fingerprint density at radius 1 is 1.50 bits per heavy atom. The molecule has 0 saturated heterocycles. The molecule has 0 amide bonds. The zero-order valence-electron chi connectivity index (χ0n) is 8.29. The molecule has 7 heteroatoms. The van der Waals surface area contributed by atoms with Gasteiger partial charge in [-0.3, -0.25) is 10.1 Å². The number of nitrogens with zero attached hydrogens (tertiary/aromatic N) is 4. The van der Waals surface area contributed by atoms with Gasteiger partial charge in [0.15, 0.2) is 5.82 Å². The van der Waals surface area contributed by atoms with Crippen LogP contribution in [0.2, 0.25) is 5.15 Å². The van der Waals surface area contributed by atoms with Crippen LogP contribution in [0.25, 0.3) is 5.82 Å². The van der Waals surface area contributed by atoms with E-state index >= 15 is 0 Å². The molecule has 0 saturated carbocycles. The van der Waals surface area contributed by atoms with Gasteiger partial charge >= 0.3 is 0 Å². The molecule has 6 nitrogen and oxygen atoms in total. The molecule has 2 aromatic rings. The van der Waals surface area contributed by atoms with E-state index in [1.54, 1.807) is 13.0 Å². The number of rotatable bonds is 2. The zero-order valence-corrected chi connectivity index (χ0v) is 9.05. The van der Waals surface area contributed by atoms with Crippen LogP contribution in [0.3, 0.4) is 0 Å². The fourth-order valence-electron chi connectivity index (χ4n) is 1.24. The molecule has 0 fully saturated rings. The Labute approximate surface area is 95.6 Å². The lowest BCUT2D eigenvalue weighted by Crippen LogP contribution is -2.00. The van der Waals surface area contributed by atoms with E-state index in [-0.39, 0.29) is 5.69 Å². The molecule has 0 aliphatic carbocycles. The van der Waals surface area contributed by atoms with Crippen molar-refractivity contribution in [3.05, 3.63) is 45.4 Å². The third kappa shape index (κ3) is 1.87. The van der Waals surface area contributed by atoms with Crippen molar-refractivity contribution >= 4 is 17.3 Å². The minimum absolute atomic E-state index is 0.0660. The summed E-state index contributed by atoms with van der Waals surface area (Å²) in [6.07, 6.45) is 1.17. The second kappa shape index (κ2) is 3.90. The lowest BCUT2D eigenvalue weighted by Gasteiger charge is -2.00. The predicted molar refractivity (Wildman–Crippen MR) is 57.8 cm³/mol. The lowest BCUT2D eigenvalue weighted by molar-refractivity contribution is -0.385. The van der Waals surface area contributed by atoms with E-state index in [2.05, 4.69) is 10.1 Å². The van der Waals surface area contributed by atoms with E-state index in [1.165, 1.54) is 23.0 Å². The average molecular weight is 239 g/mol. The Morgan fingerprint density at radius 3 is 2.69 bits per heavy atom. The second-order valence-corrected chi connectivity index (χ2v) is 3.54. The fourth-order valence-corrected chi connectivity index (χ4v) is 1.52. The first-order valence-corrected chi connectivity index (χ1v) is 4.79. The van der Waals surface area contributed by atoms with Gasteiger partial charge in [-0.2, -0.15) is 5.10 Å². The number of hydrogen-bond donors (Lipinski definition) is 0. The first-order chi connectivity index (χ1) is 7.58. The average Bonchev–Trinajstić information content (AvgIpc) is 2.58. The van der Waals surface area contributed by atoms with Crippen LogP contribution in [0.4, 0.5) is 5.69 Å². The Bertz CT molecular complexity index is 535. The Morgan fingerprint density at radius 2 is 2.25 bits per heavy atom. The number of aryl methyl sites for hydroxylation is 1. The number of halogens is 1. The summed E-state index contributed by atoms with van der Waals surface area (Å²) in [6, 6.07) is 4.54. The van der Waals surface area contributed by atoms with Crippen molar-refractivity contribution < 1.29 is 4.92 Å². The second-order valence-electron chi connectivity index (χ2n) is 3.15.